The summed E-state index contributed by atoms with van der Waals surface area (Å²) in [5, 5.41) is 8.07. The number of phosphoric ester groups is 1. The van der Waals surface area contributed by atoms with Gasteiger partial charge in [0, 0.05) is 38.6 Å². The highest BCUT2D eigenvalue weighted by Crippen LogP contribution is 2.65. The molecule has 0 aromatic rings. The van der Waals surface area contributed by atoms with Crippen molar-refractivity contribution >= 4 is 46.6 Å². The molecule has 0 aliphatic rings. The molecule has 26 heteroatoms. The number of nitrogens with one attached hydrogen (secondary N) is 1. The zero-order valence-electron chi connectivity index (χ0n) is 29.1. The van der Waals surface area contributed by atoms with Crippen LogP contribution in [0.2, 0.25) is 0 Å². The standard InChI is InChI=1S/C24H46NO19P3.3H3N/c1-3-22(28)41-13-8-20(44-23(29)4-2)9-14-43-47(37,38)42-12-5-7-19(26)17-39-15-16-40-18-21(27)25-11-6-10-24(30,45(31,32)33)46(34,35)36;;;/h20,30H,3-18H2,1-2H3,(H,25,27)(H,37,38)(H2,31,32,33)(H2,34,35,36);3*1H3. The largest absolute Gasteiger partial charge is 0.776 e. The Morgan fingerprint density at radius 3 is 1.82 bits per heavy atom. The molecule has 4 unspecified atom stereocenters. The number of hydrogen-bond acceptors (Lipinski definition) is 17. The number of carbonyl (C=O) groups excluding carboxylic acids is 4. The van der Waals surface area contributed by atoms with Crippen LogP contribution in [0.4, 0.5) is 0 Å². The number of Topliss-reactive ketones (excluding diaryl/α,β-unsaturated/α-hetero) is 1. The van der Waals surface area contributed by atoms with Gasteiger partial charge in [0.25, 0.3) is 7.82 Å². The van der Waals surface area contributed by atoms with Crippen LogP contribution in [0.15, 0.2) is 0 Å². The first-order valence-electron chi connectivity index (χ1n) is 14.5. The van der Waals surface area contributed by atoms with E-state index in [-0.39, 0.29) is 109 Å². The van der Waals surface area contributed by atoms with E-state index in [1.165, 1.54) is 0 Å². The summed E-state index contributed by atoms with van der Waals surface area (Å²) in [4.78, 5) is 98.5. The summed E-state index contributed by atoms with van der Waals surface area (Å²) in [6, 6.07) is 0. The molecule has 0 saturated heterocycles. The number of aliphatic hydroxyl groups is 1. The van der Waals surface area contributed by atoms with Crippen molar-refractivity contribution in [1.82, 2.24) is 23.8 Å². The van der Waals surface area contributed by atoms with E-state index in [4.69, 9.17) is 37.8 Å². The summed E-state index contributed by atoms with van der Waals surface area (Å²) in [5.74, 6) is -2.03. The van der Waals surface area contributed by atoms with E-state index < -0.39 is 71.5 Å². The van der Waals surface area contributed by atoms with Crippen LogP contribution in [0, 0.1) is 0 Å². The maximum atomic E-state index is 12.0. The number of rotatable bonds is 28. The van der Waals surface area contributed by atoms with Gasteiger partial charge < -0.3 is 90.5 Å². The van der Waals surface area contributed by atoms with Gasteiger partial charge in [-0.3, -0.25) is 23.7 Å². The van der Waals surface area contributed by atoms with E-state index in [1.54, 1.807) is 13.8 Å². The second-order valence-corrected chi connectivity index (χ2v) is 15.1. The predicted octanol–water partition coefficient (Wildman–Crippen LogP) is -0.312. The molecule has 0 fully saturated rings. The fraction of sp³-hybridized carbons (Fsp3) is 0.833. The summed E-state index contributed by atoms with van der Waals surface area (Å²) in [5.41, 5.74) is 0. The minimum Gasteiger partial charge on any atom is -0.776 e. The Morgan fingerprint density at radius 1 is 0.760 bits per heavy atom. The van der Waals surface area contributed by atoms with Gasteiger partial charge in [0.15, 0.2) is 26.1 Å². The monoisotopic (exact) mass is 796 g/mol. The Bertz CT molecular complexity index is 1110. The molecule has 50 heavy (non-hydrogen) atoms. The van der Waals surface area contributed by atoms with E-state index >= 15 is 0 Å². The number of phosphoric acid groups is 1. The maximum Gasteiger partial charge on any atom is 0.305 e. The van der Waals surface area contributed by atoms with E-state index in [0.717, 1.165) is 0 Å². The highest BCUT2D eigenvalue weighted by molar-refractivity contribution is 7.70. The smallest absolute Gasteiger partial charge is 0.305 e. The topological polar surface area (TPSA) is 426 Å². The molecule has 1 amide bonds. The number of amides is 1. The lowest BCUT2D eigenvalue weighted by molar-refractivity contribution is -0.228. The Balaban J connectivity index is -0.00000353. The van der Waals surface area contributed by atoms with Crippen molar-refractivity contribution < 1.29 is 90.4 Å². The van der Waals surface area contributed by atoms with Crippen LogP contribution >= 0.6 is 23.0 Å². The average Bonchev–Trinajstić information content (AvgIpc) is 2.97. The fourth-order valence-corrected chi connectivity index (χ4v) is 6.22. The third-order valence-corrected chi connectivity index (χ3v) is 10.7. The first-order valence-corrected chi connectivity index (χ1v) is 19.1. The molecule has 0 spiro atoms. The lowest BCUT2D eigenvalue weighted by Crippen LogP contribution is -2.38. The molecule has 0 radical (unpaired) electrons. The quantitative estimate of drug-likeness (QED) is 0.0303. The molecule has 0 aromatic carbocycles. The number of carbonyl (C=O) groups is 4. The summed E-state index contributed by atoms with van der Waals surface area (Å²) >= 11 is 0. The minimum atomic E-state index is -5.89. The third kappa shape index (κ3) is 24.4. The van der Waals surface area contributed by atoms with Gasteiger partial charge >= 0.3 is 11.9 Å². The summed E-state index contributed by atoms with van der Waals surface area (Å²) < 4.78 is 64.0. The Hall–Kier alpha value is -1.75. The molecule has 0 bridgehead atoms. The number of hydrogen-bond donors (Lipinski definition) is 7. The van der Waals surface area contributed by atoms with Gasteiger partial charge in [0.1, 0.15) is 19.3 Å². The number of esters is 2. The summed E-state index contributed by atoms with van der Waals surface area (Å²) in [7, 11) is -16.5. The van der Waals surface area contributed by atoms with Crippen molar-refractivity contribution in [3.05, 3.63) is 0 Å². The zero-order valence-corrected chi connectivity index (χ0v) is 31.8. The van der Waals surface area contributed by atoms with Crippen molar-refractivity contribution in [2.45, 2.75) is 76.4 Å². The van der Waals surface area contributed by atoms with Crippen molar-refractivity contribution in [3.8, 4) is 0 Å². The second-order valence-electron chi connectivity index (χ2n) is 9.75. The second kappa shape index (κ2) is 27.8. The zero-order chi connectivity index (χ0) is 36.2. The maximum absolute atomic E-state index is 12.0. The molecule has 300 valence electrons. The predicted molar refractivity (Wildman–Crippen MR) is 171 cm³/mol. The fourth-order valence-electron chi connectivity index (χ4n) is 3.30. The molecule has 4 atom stereocenters. The van der Waals surface area contributed by atoms with Crippen molar-refractivity contribution in [1.29, 1.82) is 0 Å². The van der Waals surface area contributed by atoms with E-state index in [1.807, 2.05) is 0 Å². The Labute approximate surface area is 290 Å². The highest BCUT2D eigenvalue weighted by atomic mass is 31.2. The SMILES string of the molecule is CCC(=O)OCCC(CCOP(=O)([O-])OCCCC(=O)COCCOCC(=O)NCCCC(O)(P(=O)([O-])O)P(=O)([O-])O)OC(=O)CC.[NH4+].[NH4+].[NH4+]. The summed E-state index contributed by atoms with van der Waals surface area (Å²) in [6.45, 7) is 1.11. The van der Waals surface area contributed by atoms with Crippen LogP contribution in [0.1, 0.15) is 65.2 Å². The summed E-state index contributed by atoms with van der Waals surface area (Å²) in [6.07, 6.45) is -1.93. The molecular formula is C24H55N4O19P3. The molecule has 16 N–H and O–H groups in total. The van der Waals surface area contributed by atoms with Crippen LogP contribution in [0.5, 0.6) is 0 Å². The lowest BCUT2D eigenvalue weighted by Gasteiger charge is -2.42. The Morgan fingerprint density at radius 2 is 1.28 bits per heavy atom. The van der Waals surface area contributed by atoms with Crippen LogP contribution in [0.3, 0.4) is 0 Å². The van der Waals surface area contributed by atoms with Gasteiger partial charge in [-0.2, -0.15) is 0 Å². The number of quaternary nitrogens is 3. The van der Waals surface area contributed by atoms with Gasteiger partial charge in [-0.15, -0.1) is 0 Å². The molecule has 0 rings (SSSR count). The van der Waals surface area contributed by atoms with E-state index in [2.05, 4.69) is 5.32 Å². The molecule has 0 aliphatic heterocycles. The van der Waals surface area contributed by atoms with Gasteiger partial charge in [-0.1, -0.05) is 13.8 Å². The lowest BCUT2D eigenvalue weighted by atomic mass is 10.2. The molecule has 0 aliphatic carbocycles. The van der Waals surface area contributed by atoms with Gasteiger partial charge in [0.05, 0.1) is 33.0 Å². The first kappa shape index (κ1) is 55.0. The Kier molecular flexibility index (Phi) is 30.6. The molecular weight excluding hydrogens is 741 g/mol. The van der Waals surface area contributed by atoms with Crippen molar-refractivity contribution in [2.24, 2.45) is 0 Å². The van der Waals surface area contributed by atoms with Gasteiger partial charge in [-0.05, 0) is 19.3 Å². The van der Waals surface area contributed by atoms with Crippen LogP contribution < -0.4 is 38.4 Å². The molecule has 0 aromatic heterocycles. The molecule has 0 heterocycles. The minimum absolute atomic E-state index is 0. The number of ketones is 1. The number of ether oxygens (including phenoxy) is 4. The van der Waals surface area contributed by atoms with Gasteiger partial charge in [-0.25, -0.2) is 0 Å². The molecule has 23 nitrogen and oxygen atoms in total. The van der Waals surface area contributed by atoms with Crippen molar-refractivity contribution in [2.75, 3.05) is 52.8 Å². The third-order valence-electron chi connectivity index (χ3n) is 5.90. The van der Waals surface area contributed by atoms with Crippen LogP contribution in [-0.4, -0.2) is 103 Å². The van der Waals surface area contributed by atoms with E-state index in [9.17, 15) is 52.7 Å². The van der Waals surface area contributed by atoms with Gasteiger partial charge in [0.2, 0.25) is 5.91 Å². The molecule has 0 saturated carbocycles. The van der Waals surface area contributed by atoms with Crippen molar-refractivity contribution in [3.63, 3.8) is 0 Å². The van der Waals surface area contributed by atoms with Crippen LogP contribution in [-0.2, 0) is 60.9 Å². The van der Waals surface area contributed by atoms with E-state index in [0.29, 0.717) is 0 Å². The average molecular weight is 797 g/mol. The highest BCUT2D eigenvalue weighted by Gasteiger charge is 2.46. The first-order chi connectivity index (χ1) is 21.8. The van der Waals surface area contributed by atoms with Crippen LogP contribution in [0.25, 0.3) is 0 Å². The normalized spacial score (nSPS) is 16.2.